The fourth-order valence-electron chi connectivity index (χ4n) is 3.22. The molecule has 4 nitrogen and oxygen atoms in total. The summed E-state index contributed by atoms with van der Waals surface area (Å²) in [5.74, 6) is 0.727. The van der Waals surface area contributed by atoms with Crippen LogP contribution in [0.3, 0.4) is 0 Å². The van der Waals surface area contributed by atoms with Gasteiger partial charge in [0.05, 0.1) is 12.1 Å². The van der Waals surface area contributed by atoms with Crippen LogP contribution in [-0.4, -0.2) is 28.4 Å². The number of aromatic nitrogens is 1. The van der Waals surface area contributed by atoms with Crippen LogP contribution in [0.4, 0.5) is 0 Å². The molecule has 126 valence electrons. The second-order valence-corrected chi connectivity index (χ2v) is 6.44. The molecule has 0 radical (unpaired) electrons. The monoisotopic (exact) mass is 324 g/mol. The lowest BCUT2D eigenvalue weighted by molar-refractivity contribution is 0.0605. The fourth-order valence-corrected chi connectivity index (χ4v) is 3.22. The molecular formula is C20H24N2O2. The van der Waals surface area contributed by atoms with Crippen molar-refractivity contribution in [2.24, 2.45) is 0 Å². The van der Waals surface area contributed by atoms with E-state index in [-0.39, 0.29) is 18.1 Å². The van der Waals surface area contributed by atoms with E-state index in [0.717, 1.165) is 36.9 Å². The van der Waals surface area contributed by atoms with Crippen molar-refractivity contribution in [3.05, 3.63) is 59.8 Å². The van der Waals surface area contributed by atoms with Gasteiger partial charge in [-0.1, -0.05) is 24.3 Å². The number of nitrogens with zero attached hydrogens (tertiary/aromatic N) is 2. The molecule has 1 fully saturated rings. The van der Waals surface area contributed by atoms with Gasteiger partial charge in [0.2, 0.25) is 5.88 Å². The van der Waals surface area contributed by atoms with Crippen LogP contribution in [0.2, 0.25) is 0 Å². The summed E-state index contributed by atoms with van der Waals surface area (Å²) in [5.41, 5.74) is 1.75. The van der Waals surface area contributed by atoms with Crippen LogP contribution in [0.25, 0.3) is 0 Å². The number of pyridine rings is 1. The molecule has 3 rings (SSSR count). The third-order valence-electron chi connectivity index (χ3n) is 4.29. The predicted molar refractivity (Wildman–Crippen MR) is 94.1 cm³/mol. The second-order valence-electron chi connectivity index (χ2n) is 6.44. The number of carbonyl (C=O) groups excluding carboxylic acids is 1. The quantitative estimate of drug-likeness (QED) is 0.845. The molecule has 1 atom stereocenters. The number of piperidine rings is 1. The van der Waals surface area contributed by atoms with Gasteiger partial charge in [-0.2, -0.15) is 0 Å². The minimum atomic E-state index is 0.0221. The molecule has 0 bridgehead atoms. The summed E-state index contributed by atoms with van der Waals surface area (Å²) in [4.78, 5) is 19.4. The van der Waals surface area contributed by atoms with Crippen LogP contribution >= 0.6 is 0 Å². The Hall–Kier alpha value is -2.36. The molecule has 0 aliphatic carbocycles. The van der Waals surface area contributed by atoms with Crippen LogP contribution in [0.15, 0.2) is 48.7 Å². The van der Waals surface area contributed by atoms with Crippen LogP contribution in [-0.2, 0) is 0 Å². The zero-order valence-electron chi connectivity index (χ0n) is 14.3. The van der Waals surface area contributed by atoms with Gasteiger partial charge in [0.25, 0.3) is 5.91 Å². The molecule has 1 unspecified atom stereocenters. The molecule has 0 saturated carbocycles. The minimum Gasteiger partial charge on any atom is -0.475 e. The van der Waals surface area contributed by atoms with E-state index in [1.165, 1.54) is 0 Å². The summed E-state index contributed by atoms with van der Waals surface area (Å²) in [6.07, 6.45) is 4.89. The topological polar surface area (TPSA) is 42.4 Å². The van der Waals surface area contributed by atoms with Gasteiger partial charge in [0, 0.05) is 23.9 Å². The Morgan fingerprint density at radius 3 is 2.71 bits per heavy atom. The lowest BCUT2D eigenvalue weighted by Crippen LogP contribution is -2.38. The number of likely N-dealkylation sites (tertiary alicyclic amines) is 1. The maximum Gasteiger partial charge on any atom is 0.254 e. The molecule has 1 saturated heterocycles. The molecule has 2 aromatic rings. The molecule has 1 aromatic heterocycles. The minimum absolute atomic E-state index is 0.0221. The van der Waals surface area contributed by atoms with Gasteiger partial charge in [0.1, 0.15) is 0 Å². The summed E-state index contributed by atoms with van der Waals surface area (Å²) in [6, 6.07) is 13.5. The number of benzene rings is 1. The third-order valence-corrected chi connectivity index (χ3v) is 4.29. The normalized spacial score (nSPS) is 17.8. The lowest BCUT2D eigenvalue weighted by Gasteiger charge is -2.36. The summed E-state index contributed by atoms with van der Waals surface area (Å²) < 4.78 is 5.88. The molecule has 1 aliphatic rings. The first-order chi connectivity index (χ1) is 11.7. The Morgan fingerprint density at radius 1 is 1.17 bits per heavy atom. The number of carbonyl (C=O) groups is 1. The molecule has 0 spiro atoms. The summed E-state index contributed by atoms with van der Waals surface area (Å²) in [6.45, 7) is 4.76. The number of hydrogen-bond acceptors (Lipinski definition) is 3. The first-order valence-corrected chi connectivity index (χ1v) is 8.64. The maximum atomic E-state index is 13.0. The molecule has 4 heteroatoms. The second kappa shape index (κ2) is 7.47. The van der Waals surface area contributed by atoms with Crippen molar-refractivity contribution in [2.75, 3.05) is 6.54 Å². The van der Waals surface area contributed by atoms with Crippen molar-refractivity contribution in [1.29, 1.82) is 0 Å². The van der Waals surface area contributed by atoms with Crippen molar-refractivity contribution >= 4 is 5.91 Å². The van der Waals surface area contributed by atoms with Gasteiger partial charge >= 0.3 is 0 Å². The van der Waals surface area contributed by atoms with Crippen molar-refractivity contribution < 1.29 is 9.53 Å². The van der Waals surface area contributed by atoms with Gasteiger partial charge in [-0.3, -0.25) is 4.79 Å². The number of rotatable bonds is 4. The van der Waals surface area contributed by atoms with E-state index >= 15 is 0 Å². The maximum absolute atomic E-state index is 13.0. The molecule has 0 N–H and O–H groups in total. The zero-order valence-corrected chi connectivity index (χ0v) is 14.3. The zero-order chi connectivity index (χ0) is 16.9. The molecular weight excluding hydrogens is 300 g/mol. The van der Waals surface area contributed by atoms with Crippen LogP contribution in [0, 0.1) is 0 Å². The summed E-state index contributed by atoms with van der Waals surface area (Å²) >= 11 is 0. The SMILES string of the molecule is CC(C)Oc1ncccc1C1CCCCN1C(=O)c1ccccc1. The van der Waals surface area contributed by atoms with E-state index < -0.39 is 0 Å². The van der Waals surface area contributed by atoms with E-state index in [1.807, 2.05) is 61.2 Å². The Labute approximate surface area is 143 Å². The highest BCUT2D eigenvalue weighted by atomic mass is 16.5. The number of ether oxygens (including phenoxy) is 1. The van der Waals surface area contributed by atoms with Crippen molar-refractivity contribution in [2.45, 2.75) is 45.3 Å². The first-order valence-electron chi connectivity index (χ1n) is 8.64. The average Bonchev–Trinajstić information content (AvgIpc) is 2.62. The largest absolute Gasteiger partial charge is 0.475 e. The summed E-state index contributed by atoms with van der Waals surface area (Å²) in [5, 5.41) is 0. The van der Waals surface area contributed by atoms with Crippen molar-refractivity contribution in [3.8, 4) is 5.88 Å². The Kier molecular flexibility index (Phi) is 5.14. The van der Waals surface area contributed by atoms with Gasteiger partial charge in [0.15, 0.2) is 0 Å². The standard InChI is InChI=1S/C20H24N2O2/c1-15(2)24-19-17(11-8-13-21-19)18-12-6-7-14-22(18)20(23)16-9-4-3-5-10-16/h3-5,8-11,13,15,18H,6-7,12,14H2,1-2H3. The van der Waals surface area contributed by atoms with E-state index in [4.69, 9.17) is 4.74 Å². The number of amides is 1. The Bertz CT molecular complexity index is 685. The average molecular weight is 324 g/mol. The predicted octanol–water partition coefficient (Wildman–Crippen LogP) is 4.24. The molecule has 1 aromatic carbocycles. The van der Waals surface area contributed by atoms with Gasteiger partial charge in [-0.25, -0.2) is 4.98 Å². The van der Waals surface area contributed by atoms with E-state index in [0.29, 0.717) is 5.88 Å². The fraction of sp³-hybridized carbons (Fsp3) is 0.400. The van der Waals surface area contributed by atoms with Gasteiger partial charge < -0.3 is 9.64 Å². The first kappa shape index (κ1) is 16.5. The lowest BCUT2D eigenvalue weighted by atomic mass is 9.95. The van der Waals surface area contributed by atoms with Gasteiger partial charge in [-0.15, -0.1) is 0 Å². The third kappa shape index (κ3) is 3.58. The summed E-state index contributed by atoms with van der Waals surface area (Å²) in [7, 11) is 0. The van der Waals surface area contributed by atoms with Crippen LogP contribution in [0.5, 0.6) is 5.88 Å². The smallest absolute Gasteiger partial charge is 0.254 e. The van der Waals surface area contributed by atoms with Crippen LogP contribution < -0.4 is 4.74 Å². The van der Waals surface area contributed by atoms with Crippen molar-refractivity contribution in [1.82, 2.24) is 9.88 Å². The molecule has 24 heavy (non-hydrogen) atoms. The highest BCUT2D eigenvalue weighted by molar-refractivity contribution is 5.94. The van der Waals surface area contributed by atoms with Gasteiger partial charge in [-0.05, 0) is 51.3 Å². The Balaban J connectivity index is 1.92. The van der Waals surface area contributed by atoms with Crippen molar-refractivity contribution in [3.63, 3.8) is 0 Å². The van der Waals surface area contributed by atoms with E-state index in [2.05, 4.69) is 4.98 Å². The Morgan fingerprint density at radius 2 is 1.96 bits per heavy atom. The highest BCUT2D eigenvalue weighted by Crippen LogP contribution is 2.36. The molecule has 2 heterocycles. The van der Waals surface area contributed by atoms with E-state index in [1.54, 1.807) is 6.20 Å². The number of hydrogen-bond donors (Lipinski definition) is 0. The molecule has 1 aliphatic heterocycles. The van der Waals surface area contributed by atoms with Crippen LogP contribution in [0.1, 0.15) is 55.1 Å². The van der Waals surface area contributed by atoms with E-state index in [9.17, 15) is 4.79 Å². The molecule has 1 amide bonds. The highest BCUT2D eigenvalue weighted by Gasteiger charge is 2.31.